The van der Waals surface area contributed by atoms with Crippen LogP contribution in [-0.2, 0) is 0 Å². The van der Waals surface area contributed by atoms with Crippen molar-refractivity contribution in [3.05, 3.63) is 18.7 Å². The maximum Gasteiger partial charge on any atom is 0.193 e. The molecular weight excluding hydrogens is 336 g/mol. The Bertz CT molecular complexity index is 561. The Kier molecular flexibility index (Phi) is 7.56. The van der Waals surface area contributed by atoms with Crippen molar-refractivity contribution in [1.29, 1.82) is 0 Å². The monoisotopic (exact) mass is 374 g/mol. The molecule has 6 heteroatoms. The van der Waals surface area contributed by atoms with E-state index in [2.05, 4.69) is 51.6 Å². The number of hydrogen-bond acceptors (Lipinski definition) is 3. The number of aliphatic imine (C=N–C) groups is 1. The fraction of sp³-hybridized carbons (Fsp3) is 0.810. The topological polar surface area (TPSA) is 48.7 Å². The van der Waals surface area contributed by atoms with E-state index in [1.165, 1.54) is 45.3 Å². The minimum atomic E-state index is 0.474. The lowest BCUT2D eigenvalue weighted by Gasteiger charge is -2.39. The smallest absolute Gasteiger partial charge is 0.193 e. The van der Waals surface area contributed by atoms with Crippen LogP contribution in [0.1, 0.15) is 52.5 Å². The van der Waals surface area contributed by atoms with Gasteiger partial charge in [-0.05, 0) is 64.1 Å². The van der Waals surface area contributed by atoms with E-state index in [1.54, 1.807) is 0 Å². The normalized spacial score (nSPS) is 25.7. The number of likely N-dealkylation sites (tertiary alicyclic amines) is 2. The summed E-state index contributed by atoms with van der Waals surface area (Å²) in [7, 11) is 0. The van der Waals surface area contributed by atoms with E-state index in [0.717, 1.165) is 38.1 Å². The Hall–Kier alpha value is -1.56. The van der Waals surface area contributed by atoms with E-state index in [9.17, 15) is 0 Å². The molecule has 0 aliphatic carbocycles. The molecule has 27 heavy (non-hydrogen) atoms. The van der Waals surface area contributed by atoms with Crippen molar-refractivity contribution in [3.8, 4) is 0 Å². The lowest BCUT2D eigenvalue weighted by Crippen LogP contribution is -2.49. The second-order valence-electron chi connectivity index (χ2n) is 8.27. The van der Waals surface area contributed by atoms with Gasteiger partial charge in [0.15, 0.2) is 5.96 Å². The molecule has 3 rings (SSSR count). The number of rotatable bonds is 6. The van der Waals surface area contributed by atoms with Crippen LogP contribution in [0.25, 0.3) is 0 Å². The van der Waals surface area contributed by atoms with Crippen molar-refractivity contribution in [2.45, 2.75) is 52.5 Å². The van der Waals surface area contributed by atoms with Crippen LogP contribution in [0, 0.1) is 11.8 Å². The van der Waals surface area contributed by atoms with Gasteiger partial charge in [-0.2, -0.15) is 0 Å². The number of guanidine groups is 1. The summed E-state index contributed by atoms with van der Waals surface area (Å²) in [4.78, 5) is 14.4. The van der Waals surface area contributed by atoms with Crippen molar-refractivity contribution in [3.63, 3.8) is 0 Å². The highest BCUT2D eigenvalue weighted by Crippen LogP contribution is 2.27. The predicted molar refractivity (Wildman–Crippen MR) is 112 cm³/mol. The van der Waals surface area contributed by atoms with Crippen molar-refractivity contribution in [2.75, 3.05) is 45.8 Å². The molecule has 6 nitrogen and oxygen atoms in total. The number of aromatic nitrogens is 2. The third-order valence-electron chi connectivity index (χ3n) is 6.21. The molecule has 0 aromatic carbocycles. The van der Waals surface area contributed by atoms with Crippen LogP contribution in [0.5, 0.6) is 0 Å². The summed E-state index contributed by atoms with van der Waals surface area (Å²) in [6, 6.07) is 0.474. The highest BCUT2D eigenvalue weighted by Gasteiger charge is 2.29. The summed E-state index contributed by atoms with van der Waals surface area (Å²) < 4.78 is 2.27. The molecule has 0 radical (unpaired) electrons. The lowest BCUT2D eigenvalue weighted by molar-refractivity contribution is 0.183. The molecule has 1 N–H and O–H groups in total. The van der Waals surface area contributed by atoms with Crippen LogP contribution in [0.4, 0.5) is 0 Å². The molecule has 2 saturated heterocycles. The first kappa shape index (κ1) is 20.2. The molecule has 2 fully saturated rings. The van der Waals surface area contributed by atoms with E-state index in [-0.39, 0.29) is 0 Å². The van der Waals surface area contributed by atoms with Crippen LogP contribution >= 0.6 is 0 Å². The Morgan fingerprint density at radius 3 is 2.67 bits per heavy atom. The van der Waals surface area contributed by atoms with Crippen molar-refractivity contribution < 1.29 is 0 Å². The van der Waals surface area contributed by atoms with E-state index >= 15 is 0 Å². The number of imidazole rings is 1. The number of piperidine rings is 2. The molecule has 0 saturated carbocycles. The first-order valence-corrected chi connectivity index (χ1v) is 10.9. The zero-order valence-electron chi connectivity index (χ0n) is 17.5. The predicted octanol–water partition coefficient (Wildman–Crippen LogP) is 2.85. The maximum absolute atomic E-state index is 5.06. The standard InChI is InChI=1S/C21H38N6/c1-4-10-25-11-7-19(8-12-25)15-24-21(23-5-2)26-13-6-18(3)20(16-26)27-14-9-22-17-27/h9,14,17-20H,4-8,10-13,15-16H2,1-3H3,(H,23,24). The number of nitrogens with one attached hydrogen (secondary N) is 1. The highest BCUT2D eigenvalue weighted by atomic mass is 15.3. The Morgan fingerprint density at radius 2 is 2.00 bits per heavy atom. The van der Waals surface area contributed by atoms with Crippen molar-refractivity contribution >= 4 is 5.96 Å². The van der Waals surface area contributed by atoms with Crippen molar-refractivity contribution in [2.24, 2.45) is 16.8 Å². The second-order valence-corrected chi connectivity index (χ2v) is 8.27. The Balaban J connectivity index is 1.58. The van der Waals surface area contributed by atoms with Gasteiger partial charge in [0.2, 0.25) is 0 Å². The van der Waals surface area contributed by atoms with Crippen LogP contribution < -0.4 is 5.32 Å². The lowest BCUT2D eigenvalue weighted by atomic mass is 9.93. The zero-order valence-corrected chi connectivity index (χ0v) is 17.5. The average Bonchev–Trinajstić information content (AvgIpc) is 3.22. The van der Waals surface area contributed by atoms with Gasteiger partial charge in [-0.25, -0.2) is 4.98 Å². The van der Waals surface area contributed by atoms with Crippen LogP contribution in [0.15, 0.2) is 23.7 Å². The van der Waals surface area contributed by atoms with Gasteiger partial charge in [-0.15, -0.1) is 0 Å². The van der Waals surface area contributed by atoms with E-state index in [0.29, 0.717) is 12.0 Å². The van der Waals surface area contributed by atoms with Gasteiger partial charge >= 0.3 is 0 Å². The molecule has 1 aromatic heterocycles. The maximum atomic E-state index is 5.06. The van der Waals surface area contributed by atoms with Gasteiger partial charge in [0.25, 0.3) is 0 Å². The fourth-order valence-electron chi connectivity index (χ4n) is 4.45. The summed E-state index contributed by atoms with van der Waals surface area (Å²) in [5, 5.41) is 3.54. The molecule has 0 bridgehead atoms. The van der Waals surface area contributed by atoms with Gasteiger partial charge < -0.3 is 19.7 Å². The van der Waals surface area contributed by atoms with E-state index < -0.39 is 0 Å². The van der Waals surface area contributed by atoms with E-state index in [1.807, 2.05) is 12.5 Å². The zero-order chi connectivity index (χ0) is 19.1. The fourth-order valence-corrected chi connectivity index (χ4v) is 4.45. The molecule has 2 atom stereocenters. The van der Waals surface area contributed by atoms with Gasteiger partial charge in [0.1, 0.15) is 0 Å². The molecule has 1 aromatic rings. The summed E-state index contributed by atoms with van der Waals surface area (Å²) >= 11 is 0. The van der Waals surface area contributed by atoms with Gasteiger partial charge in [-0.3, -0.25) is 4.99 Å². The molecule has 3 heterocycles. The van der Waals surface area contributed by atoms with Crippen LogP contribution in [-0.4, -0.2) is 71.1 Å². The van der Waals surface area contributed by atoms with Crippen LogP contribution in [0.3, 0.4) is 0 Å². The number of nitrogens with zero attached hydrogens (tertiary/aromatic N) is 5. The molecule has 2 aliphatic rings. The second kappa shape index (κ2) is 10.1. The summed E-state index contributed by atoms with van der Waals surface area (Å²) in [5.74, 6) is 2.51. The van der Waals surface area contributed by atoms with E-state index in [4.69, 9.17) is 4.99 Å². The molecule has 152 valence electrons. The summed E-state index contributed by atoms with van der Waals surface area (Å²) in [5.41, 5.74) is 0. The molecule has 0 spiro atoms. The van der Waals surface area contributed by atoms with Gasteiger partial charge in [-0.1, -0.05) is 13.8 Å². The minimum Gasteiger partial charge on any atom is -0.357 e. The SMILES string of the molecule is CCCN1CCC(CN=C(NCC)N2CCC(C)C(n3ccnc3)C2)CC1. The highest BCUT2D eigenvalue weighted by molar-refractivity contribution is 5.80. The number of hydrogen-bond donors (Lipinski definition) is 1. The minimum absolute atomic E-state index is 0.474. The molecular formula is C21H38N6. The quantitative estimate of drug-likeness (QED) is 0.614. The largest absolute Gasteiger partial charge is 0.357 e. The molecule has 2 unspecified atom stereocenters. The van der Waals surface area contributed by atoms with Crippen LogP contribution in [0.2, 0.25) is 0 Å². The third-order valence-corrected chi connectivity index (χ3v) is 6.21. The molecule has 2 aliphatic heterocycles. The van der Waals surface area contributed by atoms with Crippen molar-refractivity contribution in [1.82, 2.24) is 24.7 Å². The summed E-state index contributed by atoms with van der Waals surface area (Å²) in [6.07, 6.45) is 11.0. The Labute approximate surface area is 165 Å². The first-order chi connectivity index (χ1) is 13.2. The summed E-state index contributed by atoms with van der Waals surface area (Å²) in [6.45, 7) is 14.5. The van der Waals surface area contributed by atoms with Gasteiger partial charge in [0.05, 0.1) is 12.4 Å². The first-order valence-electron chi connectivity index (χ1n) is 10.9. The molecule has 0 amide bonds. The average molecular weight is 375 g/mol. The third kappa shape index (κ3) is 5.47. The Morgan fingerprint density at radius 1 is 1.19 bits per heavy atom. The van der Waals surface area contributed by atoms with Gasteiger partial charge in [0, 0.05) is 38.6 Å².